The molecule has 0 amide bonds. The summed E-state index contributed by atoms with van der Waals surface area (Å²) >= 11 is 3.45. The van der Waals surface area contributed by atoms with E-state index >= 15 is 0 Å². The summed E-state index contributed by atoms with van der Waals surface area (Å²) in [5.41, 5.74) is 2.05. The molecule has 1 aliphatic heterocycles. The molecule has 1 unspecified atom stereocenters. The molecule has 0 saturated carbocycles. The Hall–Kier alpha value is -0.620. The van der Waals surface area contributed by atoms with Crippen molar-refractivity contribution in [2.24, 2.45) is 0 Å². The smallest absolute Gasteiger partial charge is 0.0782 e. The lowest BCUT2D eigenvalue weighted by atomic mass is 10.0. The minimum Gasteiger partial charge on any atom is -0.394 e. The Morgan fingerprint density at radius 3 is 2.70 bits per heavy atom. The van der Waals surface area contributed by atoms with Gasteiger partial charge in [-0.2, -0.15) is 0 Å². The fourth-order valence-corrected chi connectivity index (χ4v) is 3.01. The summed E-state index contributed by atoms with van der Waals surface area (Å²) in [5, 5.41) is 18.7. The summed E-state index contributed by atoms with van der Waals surface area (Å²) in [6, 6.07) is 6.05. The Labute approximate surface area is 128 Å². The zero-order valence-electron chi connectivity index (χ0n) is 11.8. The average Bonchev–Trinajstić information content (AvgIpc) is 2.45. The number of hydrogen-bond donors (Lipinski definition) is 2. The summed E-state index contributed by atoms with van der Waals surface area (Å²) in [6.45, 7) is 4.12. The zero-order valence-corrected chi connectivity index (χ0v) is 13.3. The zero-order chi connectivity index (χ0) is 14.5. The van der Waals surface area contributed by atoms with Crippen LogP contribution in [0.2, 0.25) is 0 Å². The normalized spacial score (nSPS) is 18.3. The minimum absolute atomic E-state index is 0.0824. The van der Waals surface area contributed by atoms with Crippen molar-refractivity contribution >= 4 is 21.6 Å². The molecule has 1 fully saturated rings. The van der Waals surface area contributed by atoms with Gasteiger partial charge in [-0.15, -0.1) is 0 Å². The van der Waals surface area contributed by atoms with Gasteiger partial charge in [0.15, 0.2) is 0 Å². The van der Waals surface area contributed by atoms with Crippen molar-refractivity contribution < 1.29 is 14.9 Å². The van der Waals surface area contributed by atoms with Crippen molar-refractivity contribution in [3.05, 3.63) is 28.2 Å². The molecule has 1 saturated heterocycles. The molecule has 1 aliphatic rings. The first kappa shape index (κ1) is 15.8. The molecule has 112 valence electrons. The first-order chi connectivity index (χ1) is 9.61. The third-order valence-corrected chi connectivity index (χ3v) is 4.16. The number of ether oxygens (including phenoxy) is 1. The third-order valence-electron chi connectivity index (χ3n) is 3.67. The Kier molecular flexibility index (Phi) is 5.84. The second-order valence-corrected chi connectivity index (χ2v) is 6.08. The van der Waals surface area contributed by atoms with Crippen molar-refractivity contribution in [1.29, 1.82) is 0 Å². The van der Waals surface area contributed by atoms with Gasteiger partial charge in [0.1, 0.15) is 0 Å². The molecule has 1 aromatic rings. The first-order valence-electron chi connectivity index (χ1n) is 7.06. The van der Waals surface area contributed by atoms with Gasteiger partial charge in [0.25, 0.3) is 0 Å². The lowest BCUT2D eigenvalue weighted by molar-refractivity contribution is 0.0158. The van der Waals surface area contributed by atoms with Crippen LogP contribution in [0.15, 0.2) is 22.7 Å². The summed E-state index contributed by atoms with van der Waals surface area (Å²) in [5.74, 6) is 0. The van der Waals surface area contributed by atoms with Gasteiger partial charge >= 0.3 is 0 Å². The van der Waals surface area contributed by atoms with E-state index < -0.39 is 6.10 Å². The van der Waals surface area contributed by atoms with E-state index in [0.29, 0.717) is 6.61 Å². The van der Waals surface area contributed by atoms with E-state index in [9.17, 15) is 5.11 Å². The van der Waals surface area contributed by atoms with E-state index in [1.165, 1.54) is 0 Å². The lowest BCUT2D eigenvalue weighted by Crippen LogP contribution is -2.38. The lowest BCUT2D eigenvalue weighted by Gasteiger charge is -2.35. The van der Waals surface area contributed by atoms with Crippen LogP contribution in [0, 0.1) is 0 Å². The maximum Gasteiger partial charge on any atom is 0.0782 e. The van der Waals surface area contributed by atoms with Crippen LogP contribution in [0.3, 0.4) is 0 Å². The van der Waals surface area contributed by atoms with E-state index in [0.717, 1.165) is 41.7 Å². The van der Waals surface area contributed by atoms with E-state index in [-0.39, 0.29) is 12.7 Å². The van der Waals surface area contributed by atoms with Gasteiger partial charge in [0.2, 0.25) is 0 Å². The Balaban J connectivity index is 2.03. The number of aliphatic hydroxyl groups is 2. The molecule has 20 heavy (non-hydrogen) atoms. The van der Waals surface area contributed by atoms with Crippen LogP contribution < -0.4 is 4.90 Å². The van der Waals surface area contributed by atoms with Crippen molar-refractivity contribution in [3.8, 4) is 0 Å². The number of aliphatic hydroxyl groups excluding tert-OH is 2. The van der Waals surface area contributed by atoms with E-state index in [4.69, 9.17) is 9.84 Å². The maximum absolute atomic E-state index is 9.93. The molecule has 0 bridgehead atoms. The number of hydrogen-bond acceptors (Lipinski definition) is 4. The van der Waals surface area contributed by atoms with Crippen molar-refractivity contribution in [2.45, 2.75) is 32.0 Å². The monoisotopic (exact) mass is 343 g/mol. The molecule has 0 aromatic heterocycles. The molecule has 1 aromatic carbocycles. The summed E-state index contributed by atoms with van der Waals surface area (Å²) < 4.78 is 6.56. The number of anilines is 1. The molecular weight excluding hydrogens is 322 g/mol. The fourth-order valence-electron chi connectivity index (χ4n) is 2.63. The van der Waals surface area contributed by atoms with Crippen molar-refractivity contribution in [2.75, 3.05) is 31.2 Å². The number of halogens is 1. The van der Waals surface area contributed by atoms with Crippen LogP contribution in [0.4, 0.5) is 5.69 Å². The highest BCUT2D eigenvalue weighted by Gasteiger charge is 2.22. The second kappa shape index (κ2) is 7.41. The topological polar surface area (TPSA) is 52.9 Å². The standard InChI is InChI=1S/C15H22BrNO3/c1-11(19)14-10-12(16)2-3-15(14)17-6-4-13(5-7-17)20-9-8-18/h2-3,10-11,13,18-19H,4-9H2,1H3. The van der Waals surface area contributed by atoms with Crippen LogP contribution >= 0.6 is 15.9 Å². The van der Waals surface area contributed by atoms with Crippen LogP contribution in [-0.2, 0) is 4.74 Å². The molecule has 2 N–H and O–H groups in total. The van der Waals surface area contributed by atoms with Crippen molar-refractivity contribution in [3.63, 3.8) is 0 Å². The average molecular weight is 344 g/mol. The Morgan fingerprint density at radius 1 is 1.40 bits per heavy atom. The van der Waals surface area contributed by atoms with Gasteiger partial charge in [-0.05, 0) is 38.0 Å². The van der Waals surface area contributed by atoms with Crippen molar-refractivity contribution in [1.82, 2.24) is 0 Å². The van der Waals surface area contributed by atoms with E-state index in [2.05, 4.69) is 26.9 Å². The van der Waals surface area contributed by atoms with Gasteiger partial charge in [-0.25, -0.2) is 0 Å². The first-order valence-corrected chi connectivity index (χ1v) is 7.86. The molecule has 0 radical (unpaired) electrons. The van der Waals surface area contributed by atoms with Crippen LogP contribution in [0.25, 0.3) is 0 Å². The molecule has 1 heterocycles. The van der Waals surface area contributed by atoms with Crippen LogP contribution in [-0.4, -0.2) is 42.6 Å². The number of piperidine rings is 1. The van der Waals surface area contributed by atoms with Gasteiger partial charge in [0.05, 0.1) is 25.4 Å². The molecule has 4 nitrogen and oxygen atoms in total. The second-order valence-electron chi connectivity index (χ2n) is 5.16. The van der Waals surface area contributed by atoms with Crippen LogP contribution in [0.1, 0.15) is 31.4 Å². The Morgan fingerprint density at radius 2 is 2.10 bits per heavy atom. The molecule has 5 heteroatoms. The largest absolute Gasteiger partial charge is 0.394 e. The SMILES string of the molecule is CC(O)c1cc(Br)ccc1N1CCC(OCCO)CC1. The predicted octanol–water partition coefficient (Wildman–Crippen LogP) is 2.48. The summed E-state index contributed by atoms with van der Waals surface area (Å²) in [7, 11) is 0. The molecule has 0 aliphatic carbocycles. The number of benzene rings is 1. The quantitative estimate of drug-likeness (QED) is 0.862. The third kappa shape index (κ3) is 3.95. The van der Waals surface area contributed by atoms with Crippen LogP contribution in [0.5, 0.6) is 0 Å². The maximum atomic E-state index is 9.93. The van der Waals surface area contributed by atoms with E-state index in [1.54, 1.807) is 6.92 Å². The highest BCUT2D eigenvalue weighted by atomic mass is 79.9. The highest BCUT2D eigenvalue weighted by Crippen LogP contribution is 2.31. The van der Waals surface area contributed by atoms with Gasteiger partial charge < -0.3 is 19.8 Å². The van der Waals surface area contributed by atoms with Gasteiger partial charge in [-0.1, -0.05) is 15.9 Å². The molecule has 0 spiro atoms. The molecule has 1 atom stereocenters. The Bertz CT molecular complexity index is 431. The summed E-state index contributed by atoms with van der Waals surface area (Å²) in [4.78, 5) is 2.30. The van der Waals surface area contributed by atoms with Gasteiger partial charge in [0, 0.05) is 28.8 Å². The minimum atomic E-state index is -0.481. The predicted molar refractivity (Wildman–Crippen MR) is 83.0 cm³/mol. The number of rotatable bonds is 5. The highest BCUT2D eigenvalue weighted by molar-refractivity contribution is 9.10. The molecule has 2 rings (SSSR count). The van der Waals surface area contributed by atoms with Gasteiger partial charge in [-0.3, -0.25) is 0 Å². The summed E-state index contributed by atoms with van der Waals surface area (Å²) in [6.07, 6.45) is 1.67. The molecular formula is C15H22BrNO3. The van der Waals surface area contributed by atoms with E-state index in [1.807, 2.05) is 12.1 Å². The number of nitrogens with zero attached hydrogens (tertiary/aromatic N) is 1. The fraction of sp³-hybridized carbons (Fsp3) is 0.600.